The van der Waals surface area contributed by atoms with Crippen LogP contribution >= 0.6 is 0 Å². The first-order valence-corrected chi connectivity index (χ1v) is 9.77. The molecule has 2 amide bonds. The Morgan fingerprint density at radius 2 is 1.62 bits per heavy atom. The molecule has 0 atom stereocenters. The van der Waals surface area contributed by atoms with Gasteiger partial charge in [0.25, 0.3) is 0 Å². The molecule has 1 fully saturated rings. The van der Waals surface area contributed by atoms with E-state index >= 15 is 0 Å². The number of nitrogens with zero attached hydrogens (tertiary/aromatic N) is 3. The Bertz CT molecular complexity index is 731. The summed E-state index contributed by atoms with van der Waals surface area (Å²) in [5.41, 5.74) is -0.408. The second kappa shape index (κ2) is 8.84. The average molecular weight is 408 g/mol. The minimum atomic E-state index is -0.607. The molecule has 1 aliphatic heterocycles. The summed E-state index contributed by atoms with van der Waals surface area (Å²) in [6.45, 7) is 12.0. The molecule has 0 aromatic carbocycles. The van der Waals surface area contributed by atoms with Crippen molar-refractivity contribution >= 4 is 18.0 Å². The summed E-state index contributed by atoms with van der Waals surface area (Å²) in [4.78, 5) is 25.9. The Morgan fingerprint density at radius 3 is 2.14 bits per heavy atom. The molecular weight excluding hydrogens is 376 g/mol. The maximum atomic E-state index is 12.2. The summed E-state index contributed by atoms with van der Waals surface area (Å²) in [6.07, 6.45) is 0.546. The number of anilines is 1. The monoisotopic (exact) mass is 408 g/mol. The topological polar surface area (TPSA) is 103 Å². The van der Waals surface area contributed by atoms with Gasteiger partial charge in [-0.3, -0.25) is 5.32 Å². The fourth-order valence-corrected chi connectivity index (χ4v) is 2.96. The van der Waals surface area contributed by atoms with Crippen LogP contribution in [-0.2, 0) is 9.47 Å². The second-order valence-electron chi connectivity index (χ2n) is 9.05. The second-order valence-corrected chi connectivity index (χ2v) is 9.05. The third-order valence-electron chi connectivity index (χ3n) is 4.17. The van der Waals surface area contributed by atoms with Crippen LogP contribution < -0.4 is 10.1 Å². The lowest BCUT2D eigenvalue weighted by Gasteiger charge is -2.33. The molecular formula is C20H32N4O5. The van der Waals surface area contributed by atoms with Gasteiger partial charge in [0.2, 0.25) is 0 Å². The Kier molecular flexibility index (Phi) is 6.92. The lowest BCUT2D eigenvalue weighted by atomic mass is 9.93. The number of piperidine rings is 1. The summed E-state index contributed by atoms with van der Waals surface area (Å²) in [7, 11) is 1.55. The number of amides is 2. The molecule has 29 heavy (non-hydrogen) atoms. The molecule has 0 bridgehead atoms. The van der Waals surface area contributed by atoms with Crippen LogP contribution in [0.5, 0.6) is 5.75 Å². The largest absolute Gasteiger partial charge is 0.495 e. The molecule has 1 aliphatic rings. The predicted octanol–water partition coefficient (Wildman–Crippen LogP) is 3.95. The Balaban J connectivity index is 2.01. The third kappa shape index (κ3) is 7.07. The number of nitrogens with one attached hydrogen (secondary N) is 1. The summed E-state index contributed by atoms with van der Waals surface area (Å²) in [6, 6.07) is 1.63. The number of carbonyl (C=O) groups excluding carboxylic acids is 2. The summed E-state index contributed by atoms with van der Waals surface area (Å²) < 4.78 is 16.1. The van der Waals surface area contributed by atoms with Gasteiger partial charge in [0.1, 0.15) is 22.6 Å². The van der Waals surface area contributed by atoms with E-state index in [1.807, 2.05) is 20.8 Å². The molecule has 1 aromatic rings. The average Bonchev–Trinajstić information content (AvgIpc) is 2.58. The highest BCUT2D eigenvalue weighted by atomic mass is 16.6. The van der Waals surface area contributed by atoms with E-state index in [4.69, 9.17) is 14.2 Å². The fourth-order valence-electron chi connectivity index (χ4n) is 2.96. The molecule has 0 aliphatic carbocycles. The molecule has 0 unspecified atom stereocenters. The summed E-state index contributed by atoms with van der Waals surface area (Å²) in [5, 5.41) is 10.9. The van der Waals surface area contributed by atoms with E-state index in [1.165, 1.54) is 0 Å². The zero-order valence-corrected chi connectivity index (χ0v) is 18.4. The van der Waals surface area contributed by atoms with E-state index in [9.17, 15) is 9.59 Å². The highest BCUT2D eigenvalue weighted by Gasteiger charge is 2.30. The number of carbonyl (C=O) groups is 2. The van der Waals surface area contributed by atoms with E-state index in [0.717, 1.165) is 12.8 Å². The molecule has 162 valence electrons. The lowest BCUT2D eigenvalue weighted by molar-refractivity contribution is 0.0203. The number of rotatable bonds is 3. The van der Waals surface area contributed by atoms with Gasteiger partial charge in [-0.25, -0.2) is 9.59 Å². The van der Waals surface area contributed by atoms with Gasteiger partial charge in [-0.15, -0.1) is 10.2 Å². The zero-order valence-electron chi connectivity index (χ0n) is 18.4. The van der Waals surface area contributed by atoms with Crippen molar-refractivity contribution in [2.45, 2.75) is 71.5 Å². The molecule has 1 N–H and O–H groups in total. The van der Waals surface area contributed by atoms with Crippen molar-refractivity contribution in [3.8, 4) is 5.75 Å². The Morgan fingerprint density at radius 1 is 1.03 bits per heavy atom. The van der Waals surface area contributed by atoms with Crippen molar-refractivity contribution in [2.75, 3.05) is 25.5 Å². The van der Waals surface area contributed by atoms with E-state index in [0.29, 0.717) is 24.5 Å². The highest BCUT2D eigenvalue weighted by molar-refractivity contribution is 5.83. The quantitative estimate of drug-likeness (QED) is 0.808. The van der Waals surface area contributed by atoms with Crippen LogP contribution in [-0.4, -0.2) is 58.7 Å². The van der Waals surface area contributed by atoms with Crippen LogP contribution in [0.15, 0.2) is 6.07 Å². The molecule has 0 spiro atoms. The van der Waals surface area contributed by atoms with Crippen molar-refractivity contribution in [1.82, 2.24) is 15.1 Å². The van der Waals surface area contributed by atoms with Crippen molar-refractivity contribution in [1.29, 1.82) is 0 Å². The normalized spacial score (nSPS) is 15.6. The van der Waals surface area contributed by atoms with E-state index in [1.54, 1.807) is 38.8 Å². The summed E-state index contributed by atoms with van der Waals surface area (Å²) in [5.74, 6) is 0.902. The minimum Gasteiger partial charge on any atom is -0.495 e. The van der Waals surface area contributed by atoms with Crippen LogP contribution in [0.1, 0.15) is 66.0 Å². The van der Waals surface area contributed by atoms with Crippen LogP contribution in [0.3, 0.4) is 0 Å². The molecule has 2 heterocycles. The van der Waals surface area contributed by atoms with Crippen molar-refractivity contribution in [3.05, 3.63) is 11.8 Å². The van der Waals surface area contributed by atoms with Gasteiger partial charge >= 0.3 is 12.2 Å². The number of hydrogen-bond donors (Lipinski definition) is 1. The fraction of sp³-hybridized carbons (Fsp3) is 0.700. The number of likely N-dealkylation sites (tertiary alicyclic amines) is 1. The van der Waals surface area contributed by atoms with Gasteiger partial charge in [-0.1, -0.05) is 0 Å². The standard InChI is InChI=1S/C20H32N4O5/c1-19(2,3)28-17(25)21-15-12-14(27-7)16(23-22-15)13-8-10-24(11-9-13)18(26)29-20(4,5)6/h12-13H,8-11H2,1-7H3,(H,21,22,25). The third-order valence-corrected chi connectivity index (χ3v) is 4.17. The molecule has 9 nitrogen and oxygen atoms in total. The molecule has 0 saturated carbocycles. The molecule has 9 heteroatoms. The van der Waals surface area contributed by atoms with E-state index in [2.05, 4.69) is 15.5 Å². The lowest BCUT2D eigenvalue weighted by Crippen LogP contribution is -2.41. The first-order chi connectivity index (χ1) is 13.4. The zero-order chi connectivity index (χ0) is 21.8. The maximum Gasteiger partial charge on any atom is 0.413 e. The van der Waals surface area contributed by atoms with Gasteiger partial charge in [0, 0.05) is 25.1 Å². The SMILES string of the molecule is COc1cc(NC(=O)OC(C)(C)C)nnc1C1CCN(C(=O)OC(C)(C)C)CC1. The molecule has 0 radical (unpaired) electrons. The van der Waals surface area contributed by atoms with Gasteiger partial charge in [-0.05, 0) is 54.4 Å². The number of ether oxygens (including phenoxy) is 3. The van der Waals surface area contributed by atoms with Gasteiger partial charge in [0.15, 0.2) is 5.82 Å². The van der Waals surface area contributed by atoms with Gasteiger partial charge in [0.05, 0.1) is 7.11 Å². The van der Waals surface area contributed by atoms with Crippen LogP contribution in [0.4, 0.5) is 15.4 Å². The first kappa shape index (κ1) is 22.7. The van der Waals surface area contributed by atoms with Crippen molar-refractivity contribution in [2.24, 2.45) is 0 Å². The first-order valence-electron chi connectivity index (χ1n) is 9.77. The van der Waals surface area contributed by atoms with E-state index in [-0.39, 0.29) is 17.8 Å². The summed E-state index contributed by atoms with van der Waals surface area (Å²) >= 11 is 0. The van der Waals surface area contributed by atoms with Gasteiger partial charge in [-0.2, -0.15) is 0 Å². The molecule has 1 aromatic heterocycles. The molecule has 2 rings (SSSR count). The van der Waals surface area contributed by atoms with Crippen molar-refractivity contribution in [3.63, 3.8) is 0 Å². The van der Waals surface area contributed by atoms with E-state index < -0.39 is 17.3 Å². The maximum absolute atomic E-state index is 12.2. The smallest absolute Gasteiger partial charge is 0.413 e. The van der Waals surface area contributed by atoms with Crippen LogP contribution in [0.2, 0.25) is 0 Å². The van der Waals surface area contributed by atoms with Gasteiger partial charge < -0.3 is 19.1 Å². The number of methoxy groups -OCH3 is 1. The number of hydrogen-bond acceptors (Lipinski definition) is 7. The molecule has 1 saturated heterocycles. The highest BCUT2D eigenvalue weighted by Crippen LogP contribution is 2.33. The van der Waals surface area contributed by atoms with Crippen molar-refractivity contribution < 1.29 is 23.8 Å². The Labute approximate surface area is 172 Å². The predicted molar refractivity (Wildman–Crippen MR) is 108 cm³/mol. The van der Waals surface area contributed by atoms with Crippen LogP contribution in [0.25, 0.3) is 0 Å². The Hall–Kier alpha value is -2.58. The minimum absolute atomic E-state index is 0.103. The number of aromatic nitrogens is 2. The van der Waals surface area contributed by atoms with Crippen LogP contribution in [0, 0.1) is 0 Å².